The van der Waals surface area contributed by atoms with Gasteiger partial charge in [-0.3, -0.25) is 0 Å². The third-order valence-corrected chi connectivity index (χ3v) is 2.87. The summed E-state index contributed by atoms with van der Waals surface area (Å²) in [4.78, 5) is 0. The summed E-state index contributed by atoms with van der Waals surface area (Å²) < 4.78 is 0.779. The van der Waals surface area contributed by atoms with E-state index in [-0.39, 0.29) is 30.8 Å². The number of phenolic OH excluding ortho intramolecular Hbond substituents is 1. The minimum Gasteiger partial charge on any atom is -0.507 e. The second-order valence-electron chi connectivity index (χ2n) is 3.25. The Morgan fingerprint density at radius 1 is 1.47 bits per heavy atom. The summed E-state index contributed by atoms with van der Waals surface area (Å²) in [6.07, 6.45) is 0.440. The molecular weight excluding hydrogens is 281 g/mol. The molecule has 0 aliphatic heterocycles. The van der Waals surface area contributed by atoms with Crippen molar-refractivity contribution < 1.29 is 10.2 Å². The Balaban J connectivity index is 0.00000196. The highest BCUT2D eigenvalue weighted by molar-refractivity contribution is 9.10. The predicted octanol–water partition coefficient (Wildman–Crippen LogP) is 2.27. The SMILES string of the molecule is Cc1ccc(Br)c([C@@H](N)CCO)c1O.Cl. The highest BCUT2D eigenvalue weighted by atomic mass is 79.9. The van der Waals surface area contributed by atoms with Gasteiger partial charge in [0.1, 0.15) is 5.75 Å². The number of hydrogen-bond donors (Lipinski definition) is 3. The van der Waals surface area contributed by atoms with Crippen LogP contribution in [0.5, 0.6) is 5.75 Å². The van der Waals surface area contributed by atoms with Gasteiger partial charge in [0.05, 0.1) is 0 Å². The van der Waals surface area contributed by atoms with E-state index in [9.17, 15) is 5.11 Å². The van der Waals surface area contributed by atoms with Gasteiger partial charge in [0.2, 0.25) is 0 Å². The van der Waals surface area contributed by atoms with Crippen LogP contribution >= 0.6 is 28.3 Å². The van der Waals surface area contributed by atoms with Crippen molar-refractivity contribution in [2.75, 3.05) is 6.61 Å². The molecule has 0 unspecified atom stereocenters. The molecule has 0 amide bonds. The van der Waals surface area contributed by atoms with Gasteiger partial charge in [0, 0.05) is 22.7 Å². The van der Waals surface area contributed by atoms with Gasteiger partial charge in [-0.2, -0.15) is 0 Å². The van der Waals surface area contributed by atoms with Crippen LogP contribution in [0, 0.1) is 6.92 Å². The minimum atomic E-state index is -0.339. The Kier molecular flexibility index (Phi) is 6.20. The second-order valence-corrected chi connectivity index (χ2v) is 4.10. The molecule has 15 heavy (non-hydrogen) atoms. The normalized spacial score (nSPS) is 12.0. The van der Waals surface area contributed by atoms with Crippen molar-refractivity contribution in [3.05, 3.63) is 27.7 Å². The number of nitrogens with two attached hydrogens (primary N) is 1. The second kappa shape index (κ2) is 6.33. The molecule has 0 aromatic heterocycles. The minimum absolute atomic E-state index is 0. The van der Waals surface area contributed by atoms with Crippen molar-refractivity contribution in [2.45, 2.75) is 19.4 Å². The van der Waals surface area contributed by atoms with Crippen LogP contribution in [0.15, 0.2) is 16.6 Å². The molecule has 5 heteroatoms. The van der Waals surface area contributed by atoms with Crippen molar-refractivity contribution in [3.63, 3.8) is 0 Å². The number of rotatable bonds is 3. The summed E-state index contributed by atoms with van der Waals surface area (Å²) in [7, 11) is 0. The van der Waals surface area contributed by atoms with E-state index in [1.807, 2.05) is 19.1 Å². The van der Waals surface area contributed by atoms with E-state index in [1.165, 1.54) is 0 Å². The number of phenols is 1. The highest BCUT2D eigenvalue weighted by Crippen LogP contribution is 2.34. The molecule has 1 rings (SSSR count). The predicted molar refractivity (Wildman–Crippen MR) is 66.4 cm³/mol. The molecule has 0 saturated carbocycles. The maximum absolute atomic E-state index is 9.78. The lowest BCUT2D eigenvalue weighted by Crippen LogP contribution is -2.13. The van der Waals surface area contributed by atoms with E-state index >= 15 is 0 Å². The van der Waals surface area contributed by atoms with Crippen molar-refractivity contribution in [3.8, 4) is 5.75 Å². The first-order valence-electron chi connectivity index (χ1n) is 4.42. The highest BCUT2D eigenvalue weighted by Gasteiger charge is 2.15. The van der Waals surface area contributed by atoms with Crippen LogP contribution in [-0.4, -0.2) is 16.8 Å². The van der Waals surface area contributed by atoms with E-state index in [2.05, 4.69) is 15.9 Å². The van der Waals surface area contributed by atoms with E-state index in [0.29, 0.717) is 12.0 Å². The van der Waals surface area contributed by atoms with Crippen LogP contribution in [0.4, 0.5) is 0 Å². The van der Waals surface area contributed by atoms with Crippen LogP contribution in [0.1, 0.15) is 23.6 Å². The monoisotopic (exact) mass is 295 g/mol. The van der Waals surface area contributed by atoms with Gasteiger partial charge >= 0.3 is 0 Å². The number of aromatic hydroxyl groups is 1. The van der Waals surface area contributed by atoms with Crippen molar-refractivity contribution in [1.29, 1.82) is 0 Å². The molecule has 0 radical (unpaired) electrons. The van der Waals surface area contributed by atoms with Crippen LogP contribution < -0.4 is 5.73 Å². The van der Waals surface area contributed by atoms with Crippen LogP contribution in [0.2, 0.25) is 0 Å². The van der Waals surface area contributed by atoms with E-state index < -0.39 is 0 Å². The summed E-state index contributed by atoms with van der Waals surface area (Å²) in [5.74, 6) is 0.209. The van der Waals surface area contributed by atoms with E-state index in [0.717, 1.165) is 10.0 Å². The smallest absolute Gasteiger partial charge is 0.124 e. The molecule has 1 atom stereocenters. The largest absolute Gasteiger partial charge is 0.507 e. The Morgan fingerprint density at radius 2 is 2.07 bits per heavy atom. The van der Waals surface area contributed by atoms with Crippen LogP contribution in [0.25, 0.3) is 0 Å². The molecule has 0 aliphatic carbocycles. The molecule has 4 N–H and O–H groups in total. The maximum atomic E-state index is 9.78. The quantitative estimate of drug-likeness (QED) is 0.801. The van der Waals surface area contributed by atoms with Crippen molar-refractivity contribution in [2.24, 2.45) is 5.73 Å². The molecule has 1 aromatic carbocycles. The lowest BCUT2D eigenvalue weighted by atomic mass is 10.0. The average molecular weight is 297 g/mol. The molecule has 0 fully saturated rings. The molecule has 0 saturated heterocycles. The summed E-state index contributed by atoms with van der Waals surface area (Å²) in [5.41, 5.74) is 7.28. The molecule has 3 nitrogen and oxygen atoms in total. The summed E-state index contributed by atoms with van der Waals surface area (Å²) >= 11 is 3.33. The van der Waals surface area contributed by atoms with Gasteiger partial charge in [0.15, 0.2) is 0 Å². The Bertz CT molecular complexity index is 333. The van der Waals surface area contributed by atoms with Gasteiger partial charge in [-0.15, -0.1) is 12.4 Å². The fourth-order valence-corrected chi connectivity index (χ4v) is 1.94. The Hall–Kier alpha value is -0.290. The van der Waals surface area contributed by atoms with E-state index in [1.54, 1.807) is 0 Å². The average Bonchev–Trinajstić information content (AvgIpc) is 2.13. The first kappa shape index (κ1) is 14.7. The lowest BCUT2D eigenvalue weighted by Gasteiger charge is -2.15. The molecule has 0 bridgehead atoms. The number of hydrogen-bond acceptors (Lipinski definition) is 3. The number of halogens is 2. The molecular formula is C10H15BrClNO2. The standard InChI is InChI=1S/C10H14BrNO2.ClH/c1-6-2-3-7(11)9(10(6)14)8(12)4-5-13;/h2-3,8,13-14H,4-5,12H2,1H3;1H/t8-;/m0./s1. The number of benzene rings is 1. The van der Waals surface area contributed by atoms with Gasteiger partial charge < -0.3 is 15.9 Å². The number of aryl methyl sites for hydroxylation is 1. The zero-order chi connectivity index (χ0) is 10.7. The Morgan fingerprint density at radius 3 is 2.60 bits per heavy atom. The van der Waals surface area contributed by atoms with Gasteiger partial charge in [-0.1, -0.05) is 22.0 Å². The molecule has 86 valence electrons. The van der Waals surface area contributed by atoms with Gasteiger partial charge in [-0.05, 0) is 25.0 Å². The Labute approximate surface area is 104 Å². The zero-order valence-corrected chi connectivity index (χ0v) is 10.8. The maximum Gasteiger partial charge on any atom is 0.124 e. The zero-order valence-electron chi connectivity index (χ0n) is 8.40. The van der Waals surface area contributed by atoms with Gasteiger partial charge in [0.25, 0.3) is 0 Å². The molecule has 0 spiro atoms. The molecule has 1 aromatic rings. The lowest BCUT2D eigenvalue weighted by molar-refractivity contribution is 0.275. The third kappa shape index (κ3) is 3.34. The fourth-order valence-electron chi connectivity index (χ4n) is 1.33. The van der Waals surface area contributed by atoms with Crippen molar-refractivity contribution >= 4 is 28.3 Å². The van der Waals surface area contributed by atoms with E-state index in [4.69, 9.17) is 10.8 Å². The fraction of sp³-hybridized carbons (Fsp3) is 0.400. The van der Waals surface area contributed by atoms with Crippen molar-refractivity contribution in [1.82, 2.24) is 0 Å². The first-order valence-corrected chi connectivity index (χ1v) is 5.21. The van der Waals surface area contributed by atoms with Crippen LogP contribution in [0.3, 0.4) is 0 Å². The first-order chi connectivity index (χ1) is 6.57. The number of aliphatic hydroxyl groups is 1. The third-order valence-electron chi connectivity index (χ3n) is 2.18. The summed E-state index contributed by atoms with van der Waals surface area (Å²) in [6, 6.07) is 3.32. The number of aliphatic hydroxyl groups excluding tert-OH is 1. The molecule has 0 heterocycles. The molecule has 0 aliphatic rings. The van der Waals surface area contributed by atoms with Crippen LogP contribution in [-0.2, 0) is 0 Å². The van der Waals surface area contributed by atoms with Gasteiger partial charge in [-0.25, -0.2) is 0 Å². The topological polar surface area (TPSA) is 66.5 Å². The summed E-state index contributed by atoms with van der Waals surface area (Å²) in [5, 5.41) is 18.6. The summed E-state index contributed by atoms with van der Waals surface area (Å²) in [6.45, 7) is 1.83.